The van der Waals surface area contributed by atoms with Crippen LogP contribution in [0.4, 0.5) is 15.6 Å². The second kappa shape index (κ2) is 5.30. The van der Waals surface area contributed by atoms with Gasteiger partial charge in [-0.3, -0.25) is 15.0 Å². The first-order valence-corrected chi connectivity index (χ1v) is 6.98. The number of rotatable bonds is 3. The Hall–Kier alpha value is -2.41. The van der Waals surface area contributed by atoms with Gasteiger partial charge in [-0.15, -0.1) is 11.3 Å². The fraction of sp³-hybridized carbons (Fsp3) is 0.154. The van der Waals surface area contributed by atoms with E-state index in [4.69, 9.17) is 0 Å². The minimum atomic E-state index is -0.211. The fourth-order valence-corrected chi connectivity index (χ4v) is 2.49. The van der Waals surface area contributed by atoms with Crippen LogP contribution in [0.1, 0.15) is 10.4 Å². The second-order valence-corrected chi connectivity index (χ2v) is 5.12. The van der Waals surface area contributed by atoms with E-state index in [2.05, 4.69) is 15.6 Å². The molecule has 2 aromatic rings. The summed E-state index contributed by atoms with van der Waals surface area (Å²) in [5.41, 5.74) is 1.31. The Kier molecular flexibility index (Phi) is 3.34. The summed E-state index contributed by atoms with van der Waals surface area (Å²) in [4.78, 5) is 29.1. The third-order valence-corrected chi connectivity index (χ3v) is 3.64. The Bertz CT molecular complexity index is 624. The minimum Gasteiger partial charge on any atom is -0.336 e. The number of benzene rings is 1. The molecule has 102 valence electrons. The Balaban J connectivity index is 1.72. The van der Waals surface area contributed by atoms with Crippen LogP contribution in [-0.2, 0) is 0 Å². The van der Waals surface area contributed by atoms with E-state index in [9.17, 15) is 9.59 Å². The summed E-state index contributed by atoms with van der Waals surface area (Å²) in [7, 11) is 0. The predicted octanol–water partition coefficient (Wildman–Crippen LogP) is 1.93. The van der Waals surface area contributed by atoms with Crippen LogP contribution in [0.2, 0.25) is 0 Å². The Morgan fingerprint density at radius 1 is 1.35 bits per heavy atom. The molecular weight excluding hydrogens is 276 g/mol. The number of thiazole rings is 1. The maximum absolute atomic E-state index is 12.0. The number of nitrogens with one attached hydrogen (secondary N) is 2. The molecule has 0 radical (unpaired) electrons. The lowest BCUT2D eigenvalue weighted by atomic mass is 10.2. The van der Waals surface area contributed by atoms with Crippen molar-refractivity contribution in [2.45, 2.75) is 0 Å². The third kappa shape index (κ3) is 2.48. The molecule has 0 aliphatic carbocycles. The van der Waals surface area contributed by atoms with Crippen molar-refractivity contribution in [1.29, 1.82) is 0 Å². The van der Waals surface area contributed by atoms with Crippen molar-refractivity contribution in [3.63, 3.8) is 0 Å². The number of amides is 3. The van der Waals surface area contributed by atoms with Crippen molar-refractivity contribution in [3.05, 3.63) is 41.4 Å². The number of carbonyl (C=O) groups is 2. The fourth-order valence-electron chi connectivity index (χ4n) is 1.97. The molecule has 3 rings (SSSR count). The lowest BCUT2D eigenvalue weighted by molar-refractivity contribution is 0.102. The van der Waals surface area contributed by atoms with Crippen molar-refractivity contribution < 1.29 is 9.59 Å². The molecule has 2 heterocycles. The van der Waals surface area contributed by atoms with E-state index in [1.165, 1.54) is 11.3 Å². The Morgan fingerprint density at radius 3 is 2.75 bits per heavy atom. The number of nitrogens with zero attached hydrogens (tertiary/aromatic N) is 2. The van der Waals surface area contributed by atoms with Crippen LogP contribution >= 0.6 is 11.3 Å². The van der Waals surface area contributed by atoms with Crippen molar-refractivity contribution in [3.8, 4) is 0 Å². The zero-order valence-electron chi connectivity index (χ0n) is 10.5. The summed E-state index contributed by atoms with van der Waals surface area (Å²) >= 11 is 1.37. The van der Waals surface area contributed by atoms with E-state index in [0.717, 1.165) is 5.69 Å². The van der Waals surface area contributed by atoms with Gasteiger partial charge in [0.25, 0.3) is 5.91 Å². The average molecular weight is 288 g/mol. The highest BCUT2D eigenvalue weighted by Crippen LogP contribution is 2.18. The van der Waals surface area contributed by atoms with Crippen LogP contribution in [0.3, 0.4) is 0 Å². The zero-order valence-corrected chi connectivity index (χ0v) is 11.3. The van der Waals surface area contributed by atoms with E-state index >= 15 is 0 Å². The number of anilines is 2. The van der Waals surface area contributed by atoms with Gasteiger partial charge in [-0.05, 0) is 24.3 Å². The van der Waals surface area contributed by atoms with E-state index < -0.39 is 0 Å². The van der Waals surface area contributed by atoms with Crippen molar-refractivity contribution in [1.82, 2.24) is 10.3 Å². The van der Waals surface area contributed by atoms with Gasteiger partial charge in [-0.25, -0.2) is 9.78 Å². The molecule has 0 unspecified atom stereocenters. The van der Waals surface area contributed by atoms with E-state index in [1.54, 1.807) is 40.7 Å². The topological polar surface area (TPSA) is 74.3 Å². The highest BCUT2D eigenvalue weighted by molar-refractivity contribution is 7.13. The van der Waals surface area contributed by atoms with Gasteiger partial charge in [0.15, 0.2) is 5.13 Å². The molecule has 1 aromatic heterocycles. The minimum absolute atomic E-state index is 0.106. The molecule has 20 heavy (non-hydrogen) atoms. The monoisotopic (exact) mass is 288 g/mol. The summed E-state index contributed by atoms with van der Waals surface area (Å²) in [6.45, 7) is 1.29. The van der Waals surface area contributed by atoms with Gasteiger partial charge in [-0.1, -0.05) is 0 Å². The summed E-state index contributed by atoms with van der Waals surface area (Å²) in [6.07, 6.45) is 1.63. The highest BCUT2D eigenvalue weighted by Gasteiger charge is 2.21. The highest BCUT2D eigenvalue weighted by atomic mass is 32.1. The average Bonchev–Trinajstić information content (AvgIpc) is 3.10. The maximum atomic E-state index is 12.0. The SMILES string of the molecule is O=C(Nc1nccs1)c1ccc(N2CCNC2=O)cc1. The molecule has 1 aliphatic heterocycles. The van der Waals surface area contributed by atoms with Crippen LogP contribution in [0.15, 0.2) is 35.8 Å². The summed E-state index contributed by atoms with van der Waals surface area (Å²) < 4.78 is 0. The van der Waals surface area contributed by atoms with Gasteiger partial charge in [0.1, 0.15) is 0 Å². The molecule has 1 aliphatic rings. The first kappa shape index (κ1) is 12.6. The van der Waals surface area contributed by atoms with Gasteiger partial charge in [-0.2, -0.15) is 0 Å². The number of hydrogen-bond acceptors (Lipinski definition) is 4. The molecule has 1 saturated heterocycles. The predicted molar refractivity (Wildman–Crippen MR) is 77.3 cm³/mol. The molecule has 3 amide bonds. The van der Waals surface area contributed by atoms with Crippen LogP contribution in [0.25, 0.3) is 0 Å². The van der Waals surface area contributed by atoms with E-state index in [0.29, 0.717) is 23.8 Å². The first-order valence-electron chi connectivity index (χ1n) is 6.10. The molecule has 0 spiro atoms. The molecule has 2 N–H and O–H groups in total. The molecule has 1 aromatic carbocycles. The smallest absolute Gasteiger partial charge is 0.321 e. The normalized spacial score (nSPS) is 14.2. The molecule has 1 fully saturated rings. The summed E-state index contributed by atoms with van der Waals surface area (Å²) in [5.74, 6) is -0.211. The van der Waals surface area contributed by atoms with Gasteiger partial charge < -0.3 is 5.32 Å². The summed E-state index contributed by atoms with van der Waals surface area (Å²) in [6, 6.07) is 6.82. The van der Waals surface area contributed by atoms with Gasteiger partial charge >= 0.3 is 6.03 Å². The number of urea groups is 1. The van der Waals surface area contributed by atoms with Crippen molar-refractivity contribution >= 4 is 34.1 Å². The van der Waals surface area contributed by atoms with E-state index in [-0.39, 0.29) is 11.9 Å². The van der Waals surface area contributed by atoms with Gasteiger partial charge in [0.05, 0.1) is 0 Å². The molecule has 0 saturated carbocycles. The molecule has 0 bridgehead atoms. The van der Waals surface area contributed by atoms with Crippen LogP contribution in [-0.4, -0.2) is 30.0 Å². The lowest BCUT2D eigenvalue weighted by Gasteiger charge is -2.14. The number of carbonyl (C=O) groups excluding carboxylic acids is 2. The Labute approximate surface area is 119 Å². The quantitative estimate of drug-likeness (QED) is 0.906. The molecular formula is C13H12N4O2S. The van der Waals surface area contributed by atoms with Crippen LogP contribution in [0.5, 0.6) is 0 Å². The van der Waals surface area contributed by atoms with Crippen molar-refractivity contribution in [2.24, 2.45) is 0 Å². The number of hydrogen-bond donors (Lipinski definition) is 2. The van der Waals surface area contributed by atoms with Crippen LogP contribution in [0, 0.1) is 0 Å². The Morgan fingerprint density at radius 2 is 2.15 bits per heavy atom. The first-order chi connectivity index (χ1) is 9.74. The zero-order chi connectivity index (χ0) is 13.9. The van der Waals surface area contributed by atoms with Crippen molar-refractivity contribution in [2.75, 3.05) is 23.3 Å². The van der Waals surface area contributed by atoms with Gasteiger partial charge in [0.2, 0.25) is 0 Å². The molecule has 7 heteroatoms. The van der Waals surface area contributed by atoms with Gasteiger partial charge in [0, 0.05) is 35.9 Å². The third-order valence-electron chi connectivity index (χ3n) is 2.95. The van der Waals surface area contributed by atoms with E-state index in [1.807, 2.05) is 0 Å². The van der Waals surface area contributed by atoms with Crippen LogP contribution < -0.4 is 15.5 Å². The molecule has 6 nitrogen and oxygen atoms in total. The maximum Gasteiger partial charge on any atom is 0.321 e. The standard InChI is InChI=1S/C13H12N4O2S/c18-11(16-12-14-6-8-20-12)9-1-3-10(4-2-9)17-7-5-15-13(17)19/h1-4,6,8H,5,7H2,(H,15,19)(H,14,16,18). The number of aromatic nitrogens is 1. The second-order valence-electron chi connectivity index (χ2n) is 4.22. The largest absolute Gasteiger partial charge is 0.336 e. The molecule has 0 atom stereocenters. The summed E-state index contributed by atoms with van der Waals surface area (Å²) in [5, 5.41) is 7.81. The lowest BCUT2D eigenvalue weighted by Crippen LogP contribution is -2.27.